The molecule has 32 heavy (non-hydrogen) atoms. The molecule has 162 valence electrons. The monoisotopic (exact) mass is 428 g/mol. The molecule has 0 aliphatic carbocycles. The van der Waals surface area contributed by atoms with E-state index in [0.29, 0.717) is 17.2 Å². The lowest BCUT2D eigenvalue weighted by atomic mass is 9.94. The number of ether oxygens (including phenoxy) is 1. The van der Waals surface area contributed by atoms with Gasteiger partial charge in [0.2, 0.25) is 0 Å². The molecule has 0 aliphatic heterocycles. The van der Waals surface area contributed by atoms with E-state index in [1.165, 1.54) is 0 Å². The van der Waals surface area contributed by atoms with Crippen molar-refractivity contribution < 1.29 is 19.1 Å². The number of para-hydroxylation sites is 1. The van der Waals surface area contributed by atoms with E-state index in [1.807, 2.05) is 84.9 Å². The number of rotatable bonds is 8. The van der Waals surface area contributed by atoms with Crippen LogP contribution in [0.15, 0.2) is 89.3 Å². The van der Waals surface area contributed by atoms with Gasteiger partial charge in [0.1, 0.15) is 17.2 Å². The molecule has 0 aliphatic rings. The predicted molar refractivity (Wildman–Crippen MR) is 124 cm³/mol. The molecular formula is C26H24N2O4. The average molecular weight is 428 g/mol. The molecule has 2 N–H and O–H groups in total. The van der Waals surface area contributed by atoms with Crippen molar-refractivity contribution in [1.82, 2.24) is 4.98 Å². The Hall–Kier alpha value is -4.06. The van der Waals surface area contributed by atoms with Crippen molar-refractivity contribution in [2.75, 3.05) is 11.9 Å². The van der Waals surface area contributed by atoms with Crippen molar-refractivity contribution >= 4 is 12.0 Å². The maximum atomic E-state index is 11.4. The van der Waals surface area contributed by atoms with Crippen LogP contribution < -0.4 is 10.1 Å². The van der Waals surface area contributed by atoms with Crippen molar-refractivity contribution in [3.05, 3.63) is 84.9 Å². The van der Waals surface area contributed by atoms with E-state index in [4.69, 9.17) is 9.15 Å². The quantitative estimate of drug-likeness (QED) is 0.341. The third-order valence-electron chi connectivity index (χ3n) is 5.03. The van der Waals surface area contributed by atoms with Crippen LogP contribution in [-0.4, -0.2) is 22.6 Å². The van der Waals surface area contributed by atoms with Gasteiger partial charge in [-0.3, -0.25) is 4.79 Å². The van der Waals surface area contributed by atoms with Crippen LogP contribution in [0.2, 0.25) is 0 Å². The Kier molecular flexibility index (Phi) is 5.94. The zero-order valence-corrected chi connectivity index (χ0v) is 17.9. The lowest BCUT2D eigenvalue weighted by molar-refractivity contribution is -0.146. The van der Waals surface area contributed by atoms with Gasteiger partial charge >= 0.3 is 5.97 Å². The third-order valence-corrected chi connectivity index (χ3v) is 5.03. The van der Waals surface area contributed by atoms with Crippen molar-refractivity contribution in [1.29, 1.82) is 0 Å². The van der Waals surface area contributed by atoms with E-state index in [2.05, 4.69) is 10.3 Å². The van der Waals surface area contributed by atoms with E-state index < -0.39 is 11.4 Å². The van der Waals surface area contributed by atoms with Crippen molar-refractivity contribution in [2.45, 2.75) is 13.8 Å². The molecule has 0 fully saturated rings. The standard InChI is InChI=1S/C26H24N2O4/c1-26(2,24(29)30)17-27-25-28-22(23(32-25)19-9-5-3-6-10-19)18-13-15-21(16-14-18)31-20-11-7-4-8-12-20/h3-16H,17H2,1-2H3,(H,27,28)(H,29,30). The number of hydrogen-bond donors (Lipinski definition) is 2. The first kappa shape index (κ1) is 21.2. The molecular weight excluding hydrogens is 404 g/mol. The number of carboxylic acids is 1. The highest BCUT2D eigenvalue weighted by molar-refractivity contribution is 5.78. The zero-order chi connectivity index (χ0) is 22.6. The second-order valence-electron chi connectivity index (χ2n) is 8.04. The summed E-state index contributed by atoms with van der Waals surface area (Å²) < 4.78 is 11.9. The minimum absolute atomic E-state index is 0.181. The highest BCUT2D eigenvalue weighted by atomic mass is 16.5. The van der Waals surface area contributed by atoms with Crippen LogP contribution in [0.3, 0.4) is 0 Å². The number of carbonyl (C=O) groups is 1. The summed E-state index contributed by atoms with van der Waals surface area (Å²) in [6.45, 7) is 3.48. The summed E-state index contributed by atoms with van der Waals surface area (Å²) in [5.74, 6) is 1.19. The molecule has 4 aromatic rings. The summed E-state index contributed by atoms with van der Waals surface area (Å²) in [4.78, 5) is 16.0. The first-order valence-corrected chi connectivity index (χ1v) is 10.3. The minimum Gasteiger partial charge on any atom is -0.481 e. The Labute approximate surface area is 186 Å². The Bertz CT molecular complexity index is 1180. The van der Waals surface area contributed by atoms with Gasteiger partial charge in [-0.15, -0.1) is 0 Å². The summed E-state index contributed by atoms with van der Waals surface area (Å²) >= 11 is 0. The Morgan fingerprint density at radius 3 is 2.12 bits per heavy atom. The van der Waals surface area contributed by atoms with E-state index in [1.54, 1.807) is 13.8 Å². The minimum atomic E-state index is -0.960. The third kappa shape index (κ3) is 4.81. The lowest BCUT2D eigenvalue weighted by Gasteiger charge is -2.18. The number of anilines is 1. The first-order chi connectivity index (χ1) is 15.4. The Morgan fingerprint density at radius 1 is 0.906 bits per heavy atom. The largest absolute Gasteiger partial charge is 0.481 e. The topological polar surface area (TPSA) is 84.6 Å². The first-order valence-electron chi connectivity index (χ1n) is 10.3. The number of carboxylic acid groups (broad SMARTS) is 1. The lowest BCUT2D eigenvalue weighted by Crippen LogP contribution is -2.31. The van der Waals surface area contributed by atoms with E-state index in [0.717, 1.165) is 16.9 Å². The van der Waals surface area contributed by atoms with Gasteiger partial charge in [-0.2, -0.15) is 4.98 Å². The summed E-state index contributed by atoms with van der Waals surface area (Å²) in [6.07, 6.45) is 0. The van der Waals surface area contributed by atoms with E-state index in [9.17, 15) is 9.90 Å². The molecule has 0 unspecified atom stereocenters. The molecule has 0 saturated heterocycles. The number of aliphatic carboxylic acids is 1. The summed E-state index contributed by atoms with van der Waals surface area (Å²) in [6, 6.07) is 27.2. The van der Waals surface area contributed by atoms with Crippen molar-refractivity contribution in [3.63, 3.8) is 0 Å². The molecule has 0 atom stereocenters. The number of oxazole rings is 1. The van der Waals surface area contributed by atoms with E-state index >= 15 is 0 Å². The van der Waals surface area contributed by atoms with Crippen LogP contribution >= 0.6 is 0 Å². The number of benzene rings is 3. The van der Waals surface area contributed by atoms with Crippen LogP contribution in [0.5, 0.6) is 11.5 Å². The molecule has 6 heteroatoms. The highest BCUT2D eigenvalue weighted by Crippen LogP contribution is 2.35. The SMILES string of the molecule is CC(C)(CNc1nc(-c2ccc(Oc3ccccc3)cc2)c(-c2ccccc2)o1)C(=O)O. The average Bonchev–Trinajstić information content (AvgIpc) is 3.24. The van der Waals surface area contributed by atoms with Crippen LogP contribution in [-0.2, 0) is 4.79 Å². The summed E-state index contributed by atoms with van der Waals surface area (Å²) in [7, 11) is 0. The van der Waals surface area contributed by atoms with Gasteiger partial charge in [0.25, 0.3) is 6.01 Å². The maximum Gasteiger partial charge on any atom is 0.310 e. The predicted octanol–water partition coefficient (Wildman–Crippen LogP) is 6.32. The van der Waals surface area contributed by atoms with Crippen LogP contribution in [0.4, 0.5) is 6.01 Å². The molecule has 0 spiro atoms. The van der Waals surface area contributed by atoms with Crippen LogP contribution in [0.1, 0.15) is 13.8 Å². The molecule has 0 amide bonds. The van der Waals surface area contributed by atoms with Gasteiger partial charge < -0.3 is 19.6 Å². The highest BCUT2D eigenvalue weighted by Gasteiger charge is 2.28. The maximum absolute atomic E-state index is 11.4. The fourth-order valence-electron chi connectivity index (χ4n) is 3.05. The van der Waals surface area contributed by atoms with Gasteiger partial charge in [0.05, 0.1) is 5.41 Å². The van der Waals surface area contributed by atoms with Crippen LogP contribution in [0.25, 0.3) is 22.6 Å². The Morgan fingerprint density at radius 2 is 1.50 bits per heavy atom. The number of aromatic nitrogens is 1. The molecule has 1 heterocycles. The van der Waals surface area contributed by atoms with E-state index in [-0.39, 0.29) is 12.6 Å². The molecule has 0 saturated carbocycles. The van der Waals surface area contributed by atoms with Gasteiger partial charge in [0.15, 0.2) is 5.76 Å². The number of hydrogen-bond acceptors (Lipinski definition) is 5. The normalized spacial score (nSPS) is 11.2. The van der Waals surface area contributed by atoms with Crippen LogP contribution in [0, 0.1) is 5.41 Å². The second kappa shape index (κ2) is 8.98. The van der Waals surface area contributed by atoms with Gasteiger partial charge in [-0.05, 0) is 50.2 Å². The molecule has 0 bridgehead atoms. The summed E-state index contributed by atoms with van der Waals surface area (Å²) in [5.41, 5.74) is 1.44. The zero-order valence-electron chi connectivity index (χ0n) is 17.9. The van der Waals surface area contributed by atoms with Gasteiger partial charge in [0, 0.05) is 17.7 Å². The molecule has 4 rings (SSSR count). The van der Waals surface area contributed by atoms with Crippen molar-refractivity contribution in [3.8, 4) is 34.1 Å². The fraction of sp³-hybridized carbons (Fsp3) is 0.154. The molecule has 1 aromatic heterocycles. The number of nitrogens with zero attached hydrogens (tertiary/aromatic N) is 1. The number of nitrogens with one attached hydrogen (secondary N) is 1. The molecule has 6 nitrogen and oxygen atoms in total. The summed E-state index contributed by atoms with van der Waals surface area (Å²) in [5, 5.41) is 12.4. The smallest absolute Gasteiger partial charge is 0.310 e. The van der Waals surface area contributed by atoms with Gasteiger partial charge in [-0.1, -0.05) is 48.5 Å². The fourth-order valence-corrected chi connectivity index (χ4v) is 3.05. The second-order valence-corrected chi connectivity index (χ2v) is 8.04. The molecule has 3 aromatic carbocycles. The Balaban J connectivity index is 1.63. The van der Waals surface area contributed by atoms with Gasteiger partial charge in [-0.25, -0.2) is 0 Å². The van der Waals surface area contributed by atoms with Crippen molar-refractivity contribution in [2.24, 2.45) is 5.41 Å². The molecule has 0 radical (unpaired) electrons.